The predicted molar refractivity (Wildman–Crippen MR) is 70.3 cm³/mol. The molecule has 0 saturated carbocycles. The first kappa shape index (κ1) is 16.2. The summed E-state index contributed by atoms with van der Waals surface area (Å²) in [5.74, 6) is -1.42. The number of hydrogen-bond acceptors (Lipinski definition) is 4. The van der Waals surface area contributed by atoms with Crippen LogP contribution in [0.15, 0.2) is 17.0 Å². The summed E-state index contributed by atoms with van der Waals surface area (Å²) in [6.45, 7) is -0.504. The van der Waals surface area contributed by atoms with E-state index in [1.54, 1.807) is 0 Å². The van der Waals surface area contributed by atoms with Crippen molar-refractivity contribution in [2.75, 3.05) is 20.2 Å². The molecule has 6 nitrogen and oxygen atoms in total. The Balaban J connectivity index is 3.45. The van der Waals surface area contributed by atoms with E-state index in [1.165, 1.54) is 7.05 Å². The molecule has 19 heavy (non-hydrogen) atoms. The van der Waals surface area contributed by atoms with Crippen molar-refractivity contribution in [3.63, 3.8) is 0 Å². The van der Waals surface area contributed by atoms with Gasteiger partial charge >= 0.3 is 5.97 Å². The van der Waals surface area contributed by atoms with Crippen LogP contribution in [-0.4, -0.2) is 49.1 Å². The van der Waals surface area contributed by atoms with E-state index >= 15 is 0 Å². The largest absolute Gasteiger partial charge is 0.478 e. The molecule has 106 valence electrons. The maximum absolute atomic E-state index is 12.1. The first-order chi connectivity index (χ1) is 8.73. The molecule has 1 aromatic carbocycles. The number of nitrogens with zero attached hydrogens (tertiary/aromatic N) is 1. The molecule has 0 bridgehead atoms. The Morgan fingerprint density at radius 3 is 2.42 bits per heavy atom. The Labute approximate surface area is 120 Å². The number of likely N-dealkylation sites (N-methyl/N-ethyl adjacent to an activating group) is 1. The van der Waals surface area contributed by atoms with E-state index in [4.69, 9.17) is 33.4 Å². The molecule has 9 heteroatoms. The number of halogens is 2. The molecular weight excluding hydrogens is 317 g/mol. The van der Waals surface area contributed by atoms with Gasteiger partial charge < -0.3 is 10.2 Å². The normalized spacial score (nSPS) is 11.8. The molecule has 0 aliphatic heterocycles. The number of sulfonamides is 1. The van der Waals surface area contributed by atoms with Crippen LogP contribution >= 0.6 is 23.2 Å². The standard InChI is InChI=1S/C10H11Cl2NO5S/c1-13(4-5-14)19(17,18)7-3-2-6(11)8(9(7)12)10(15)16/h2-3,14H,4-5H2,1H3,(H,15,16). The second kappa shape index (κ2) is 6.06. The van der Waals surface area contributed by atoms with E-state index < -0.39 is 26.6 Å². The lowest BCUT2D eigenvalue weighted by Gasteiger charge is -2.17. The number of carboxylic acids is 1. The van der Waals surface area contributed by atoms with Gasteiger partial charge in [0, 0.05) is 13.6 Å². The van der Waals surface area contributed by atoms with Crippen molar-refractivity contribution in [3.8, 4) is 0 Å². The fourth-order valence-electron chi connectivity index (χ4n) is 1.36. The number of carbonyl (C=O) groups is 1. The maximum Gasteiger partial charge on any atom is 0.338 e. The molecule has 0 unspecified atom stereocenters. The van der Waals surface area contributed by atoms with Crippen LogP contribution in [0.2, 0.25) is 10.0 Å². The lowest BCUT2D eigenvalue weighted by molar-refractivity contribution is 0.0697. The van der Waals surface area contributed by atoms with Crippen molar-refractivity contribution in [1.29, 1.82) is 0 Å². The van der Waals surface area contributed by atoms with Gasteiger partial charge in [0.15, 0.2) is 0 Å². The molecule has 1 rings (SSSR count). The van der Waals surface area contributed by atoms with Crippen LogP contribution in [0.3, 0.4) is 0 Å². The second-order valence-electron chi connectivity index (χ2n) is 3.59. The summed E-state index contributed by atoms with van der Waals surface area (Å²) in [4.78, 5) is 10.6. The van der Waals surface area contributed by atoms with Gasteiger partial charge in [-0.25, -0.2) is 13.2 Å². The fourth-order valence-corrected chi connectivity index (χ4v) is 3.41. The van der Waals surface area contributed by atoms with Crippen molar-refractivity contribution in [2.45, 2.75) is 4.90 Å². The molecule has 0 spiro atoms. The molecule has 0 aromatic heterocycles. The van der Waals surface area contributed by atoms with E-state index in [1.807, 2.05) is 0 Å². The summed E-state index contributed by atoms with van der Waals surface area (Å²) < 4.78 is 25.1. The number of hydrogen-bond donors (Lipinski definition) is 2. The zero-order valence-electron chi connectivity index (χ0n) is 9.80. The third-order valence-electron chi connectivity index (χ3n) is 2.37. The number of aliphatic hydroxyl groups is 1. The van der Waals surface area contributed by atoms with E-state index in [0.717, 1.165) is 16.4 Å². The van der Waals surface area contributed by atoms with Crippen LogP contribution in [0.25, 0.3) is 0 Å². The van der Waals surface area contributed by atoms with Crippen LogP contribution in [0.5, 0.6) is 0 Å². The van der Waals surface area contributed by atoms with E-state index in [0.29, 0.717) is 0 Å². The summed E-state index contributed by atoms with van der Waals surface area (Å²) in [6.07, 6.45) is 0. The summed E-state index contributed by atoms with van der Waals surface area (Å²) in [7, 11) is -2.74. The quantitative estimate of drug-likeness (QED) is 0.850. The van der Waals surface area contributed by atoms with E-state index in [9.17, 15) is 13.2 Å². The van der Waals surface area contributed by atoms with Gasteiger partial charge in [0.2, 0.25) is 10.0 Å². The van der Waals surface area contributed by atoms with Crippen molar-refractivity contribution in [2.24, 2.45) is 0 Å². The predicted octanol–water partition coefficient (Wildman–Crippen LogP) is 1.30. The minimum Gasteiger partial charge on any atom is -0.478 e. The van der Waals surface area contributed by atoms with Gasteiger partial charge in [-0.1, -0.05) is 23.2 Å². The average Bonchev–Trinajstić information content (AvgIpc) is 2.28. The van der Waals surface area contributed by atoms with Crippen LogP contribution in [-0.2, 0) is 10.0 Å². The number of carboxylic acid groups (broad SMARTS) is 1. The smallest absolute Gasteiger partial charge is 0.338 e. The molecule has 2 N–H and O–H groups in total. The van der Waals surface area contributed by atoms with Crippen molar-refractivity contribution >= 4 is 39.2 Å². The van der Waals surface area contributed by atoms with Crippen molar-refractivity contribution < 1.29 is 23.4 Å². The van der Waals surface area contributed by atoms with Crippen LogP contribution < -0.4 is 0 Å². The Morgan fingerprint density at radius 2 is 1.95 bits per heavy atom. The Morgan fingerprint density at radius 1 is 1.37 bits per heavy atom. The Kier molecular flexibility index (Phi) is 5.17. The minimum absolute atomic E-state index is 0.135. The lowest BCUT2D eigenvalue weighted by atomic mass is 10.2. The summed E-state index contributed by atoms with van der Waals surface area (Å²) in [5, 5.41) is 17.1. The topological polar surface area (TPSA) is 94.9 Å². The molecule has 1 aromatic rings. The number of rotatable bonds is 5. The molecule has 0 radical (unpaired) electrons. The highest BCUT2D eigenvalue weighted by Crippen LogP contribution is 2.32. The van der Waals surface area contributed by atoms with Gasteiger partial charge in [0.1, 0.15) is 4.90 Å². The second-order valence-corrected chi connectivity index (χ2v) is 6.39. The SMILES string of the molecule is CN(CCO)S(=O)(=O)c1ccc(Cl)c(C(=O)O)c1Cl. The zero-order valence-corrected chi connectivity index (χ0v) is 12.1. The monoisotopic (exact) mass is 327 g/mol. The average molecular weight is 328 g/mol. The van der Waals surface area contributed by atoms with E-state index in [2.05, 4.69) is 0 Å². The van der Waals surface area contributed by atoms with Gasteiger partial charge in [-0.2, -0.15) is 4.31 Å². The Bertz CT molecular complexity index is 602. The highest BCUT2D eigenvalue weighted by Gasteiger charge is 2.27. The first-order valence-electron chi connectivity index (χ1n) is 5.02. The number of aliphatic hydroxyl groups excluding tert-OH is 1. The van der Waals surface area contributed by atoms with Crippen LogP contribution in [0.4, 0.5) is 0 Å². The van der Waals surface area contributed by atoms with Gasteiger partial charge in [-0.3, -0.25) is 0 Å². The third kappa shape index (κ3) is 3.18. The molecule has 0 atom stereocenters. The highest BCUT2D eigenvalue weighted by atomic mass is 35.5. The molecular formula is C10H11Cl2NO5S. The van der Waals surface area contributed by atoms with Gasteiger partial charge in [-0.05, 0) is 12.1 Å². The Hall–Kier alpha value is -0.860. The third-order valence-corrected chi connectivity index (χ3v) is 5.09. The van der Waals surface area contributed by atoms with E-state index in [-0.39, 0.29) is 23.1 Å². The fraction of sp³-hybridized carbons (Fsp3) is 0.300. The maximum atomic E-state index is 12.1. The van der Waals surface area contributed by atoms with Gasteiger partial charge in [0.05, 0.1) is 22.2 Å². The first-order valence-corrected chi connectivity index (χ1v) is 7.21. The summed E-state index contributed by atoms with van der Waals surface area (Å²) in [5.41, 5.74) is -0.471. The van der Waals surface area contributed by atoms with Gasteiger partial charge in [-0.15, -0.1) is 0 Å². The summed E-state index contributed by atoms with van der Waals surface area (Å²) in [6, 6.07) is 2.27. The molecule has 0 fully saturated rings. The van der Waals surface area contributed by atoms with Crippen molar-refractivity contribution in [3.05, 3.63) is 27.7 Å². The molecule has 0 saturated heterocycles. The summed E-state index contributed by atoms with van der Waals surface area (Å²) >= 11 is 11.5. The van der Waals surface area contributed by atoms with Crippen LogP contribution in [0, 0.1) is 0 Å². The molecule has 0 aliphatic rings. The van der Waals surface area contributed by atoms with Crippen LogP contribution in [0.1, 0.15) is 10.4 Å². The van der Waals surface area contributed by atoms with Crippen molar-refractivity contribution in [1.82, 2.24) is 4.31 Å². The lowest BCUT2D eigenvalue weighted by Crippen LogP contribution is -2.30. The molecule has 0 heterocycles. The molecule has 0 amide bonds. The van der Waals surface area contributed by atoms with Gasteiger partial charge in [0.25, 0.3) is 0 Å². The number of benzene rings is 1. The highest BCUT2D eigenvalue weighted by molar-refractivity contribution is 7.89. The molecule has 0 aliphatic carbocycles. The number of aromatic carboxylic acids is 1. The minimum atomic E-state index is -3.99. The zero-order chi connectivity index (χ0) is 14.8.